The summed E-state index contributed by atoms with van der Waals surface area (Å²) in [5.74, 6) is -5.03. The average molecular weight is 685 g/mol. The van der Waals surface area contributed by atoms with Crippen LogP contribution in [-0.4, -0.2) is 97.1 Å². The highest BCUT2D eigenvalue weighted by Crippen LogP contribution is 2.43. The fourth-order valence-corrected chi connectivity index (χ4v) is 8.39. The number of hydrogen-bond donors (Lipinski definition) is 3. The van der Waals surface area contributed by atoms with E-state index in [-0.39, 0.29) is 22.8 Å². The van der Waals surface area contributed by atoms with E-state index in [1.54, 1.807) is 17.6 Å². The van der Waals surface area contributed by atoms with Gasteiger partial charge in [-0.15, -0.1) is 0 Å². The van der Waals surface area contributed by atoms with Crippen LogP contribution in [0.15, 0.2) is 29.1 Å². The third-order valence-electron chi connectivity index (χ3n) is 11.6. The predicted octanol–water partition coefficient (Wildman–Crippen LogP) is 5.23. The fourth-order valence-electron chi connectivity index (χ4n) is 8.39. The van der Waals surface area contributed by atoms with Crippen molar-refractivity contribution < 1.29 is 13.2 Å². The third kappa shape index (κ3) is 7.81. The Bertz CT molecular complexity index is 1510. The molecular weight excluding hydrogens is 629 g/mol. The summed E-state index contributed by atoms with van der Waals surface area (Å²) in [5, 5.41) is 12.1. The van der Waals surface area contributed by atoms with Crippen molar-refractivity contribution in [3.8, 4) is 0 Å². The summed E-state index contributed by atoms with van der Waals surface area (Å²) in [6, 6.07) is 5.64. The molecule has 0 saturated carbocycles. The molecule has 6 heterocycles. The molecule has 7 rings (SSSR count). The van der Waals surface area contributed by atoms with Crippen LogP contribution in [0.1, 0.15) is 87.4 Å². The van der Waals surface area contributed by atoms with Gasteiger partial charge in [0.25, 0.3) is 11.5 Å². The highest BCUT2D eigenvalue weighted by atomic mass is 19.3. The van der Waals surface area contributed by atoms with Crippen molar-refractivity contribution in [1.29, 1.82) is 5.41 Å². The molecule has 3 fully saturated rings. The number of aromatic nitrogens is 1. The molecule has 270 valence electrons. The van der Waals surface area contributed by atoms with Crippen molar-refractivity contribution in [3.05, 3.63) is 57.1 Å². The average Bonchev–Trinajstić information content (AvgIpc) is 3.09. The summed E-state index contributed by atoms with van der Waals surface area (Å²) < 4.78 is 49.3. The molecule has 0 radical (unpaired) electrons. The first-order valence-electron chi connectivity index (χ1n) is 18.5. The maximum Gasteiger partial charge on any atom is 0.278 e. The number of nitrogens with two attached hydrogens (primary N) is 1. The number of anilines is 2. The van der Waals surface area contributed by atoms with Crippen molar-refractivity contribution in [1.82, 2.24) is 24.6 Å². The lowest BCUT2D eigenvalue weighted by Crippen LogP contribution is -2.54. The van der Waals surface area contributed by atoms with Crippen molar-refractivity contribution in [3.63, 3.8) is 0 Å². The SMILES string of the molecule is C[C@H]1NC(=N)c2cc(N3CCN(C4CCN(C)CC4)CC3)c(=O)n(c2N)CCCCCCCN2CCC(CC2)C(F)(F)c2cccc1c2F. The third-order valence-corrected chi connectivity index (χ3v) is 11.6. The van der Waals surface area contributed by atoms with Crippen LogP contribution in [0.3, 0.4) is 0 Å². The minimum absolute atomic E-state index is 0.0696. The zero-order valence-electron chi connectivity index (χ0n) is 29.3. The molecule has 4 N–H and O–H groups in total. The number of amidine groups is 1. The number of pyridine rings is 1. The van der Waals surface area contributed by atoms with E-state index in [9.17, 15) is 4.79 Å². The van der Waals surface area contributed by atoms with Gasteiger partial charge in [0.2, 0.25) is 0 Å². The molecule has 6 bridgehead atoms. The molecule has 0 spiro atoms. The molecule has 9 nitrogen and oxygen atoms in total. The lowest BCUT2D eigenvalue weighted by Gasteiger charge is -2.42. The molecule has 1 aromatic heterocycles. The number of nitrogen functional groups attached to an aromatic ring is 1. The summed E-state index contributed by atoms with van der Waals surface area (Å²) >= 11 is 0. The Labute approximate surface area is 289 Å². The van der Waals surface area contributed by atoms with Gasteiger partial charge in [-0.25, -0.2) is 13.2 Å². The molecule has 3 saturated heterocycles. The van der Waals surface area contributed by atoms with Gasteiger partial charge in [-0.1, -0.05) is 37.5 Å². The van der Waals surface area contributed by atoms with Crippen LogP contribution < -0.4 is 21.5 Å². The van der Waals surface area contributed by atoms with Crippen LogP contribution in [0.4, 0.5) is 24.7 Å². The largest absolute Gasteiger partial charge is 0.384 e. The summed E-state index contributed by atoms with van der Waals surface area (Å²) in [5.41, 5.74) is 6.87. The lowest BCUT2D eigenvalue weighted by molar-refractivity contribution is -0.0880. The lowest BCUT2D eigenvalue weighted by atomic mass is 9.85. The molecule has 5 aliphatic heterocycles. The minimum Gasteiger partial charge on any atom is -0.384 e. The number of nitrogens with zero attached hydrogens (tertiary/aromatic N) is 5. The second-order valence-electron chi connectivity index (χ2n) is 14.8. The molecule has 2 aromatic rings. The van der Waals surface area contributed by atoms with Gasteiger partial charge in [0.1, 0.15) is 23.2 Å². The summed E-state index contributed by atoms with van der Waals surface area (Å²) in [6.07, 6.45) is 7.71. The smallest absolute Gasteiger partial charge is 0.278 e. The first-order valence-corrected chi connectivity index (χ1v) is 18.5. The van der Waals surface area contributed by atoms with Crippen molar-refractivity contribution in [2.45, 2.75) is 89.3 Å². The first-order chi connectivity index (χ1) is 23.5. The number of nitrogens with one attached hydrogen (secondary N) is 2. The molecule has 0 amide bonds. The number of fused-ring (bicyclic) bond motifs is 10. The van der Waals surface area contributed by atoms with Crippen LogP contribution in [0, 0.1) is 17.1 Å². The van der Waals surface area contributed by atoms with Crippen LogP contribution in [0.2, 0.25) is 0 Å². The van der Waals surface area contributed by atoms with Gasteiger partial charge in [-0.05, 0) is 91.3 Å². The predicted molar refractivity (Wildman–Crippen MR) is 190 cm³/mol. The van der Waals surface area contributed by atoms with E-state index >= 15 is 13.2 Å². The topological polar surface area (TPSA) is 96.9 Å². The van der Waals surface area contributed by atoms with Gasteiger partial charge in [0, 0.05) is 50.2 Å². The number of halogens is 3. The second kappa shape index (κ2) is 15.4. The summed E-state index contributed by atoms with van der Waals surface area (Å²) in [4.78, 5) is 23.3. The van der Waals surface area contributed by atoms with Gasteiger partial charge >= 0.3 is 0 Å². The van der Waals surface area contributed by atoms with Gasteiger partial charge in [-0.3, -0.25) is 19.7 Å². The normalized spacial score (nSPS) is 27.0. The van der Waals surface area contributed by atoms with E-state index in [2.05, 4.69) is 32.0 Å². The monoisotopic (exact) mass is 684 g/mol. The van der Waals surface area contributed by atoms with E-state index in [1.165, 1.54) is 18.2 Å². The van der Waals surface area contributed by atoms with E-state index in [1.807, 2.05) is 0 Å². The van der Waals surface area contributed by atoms with Crippen molar-refractivity contribution in [2.75, 3.05) is 76.6 Å². The van der Waals surface area contributed by atoms with Crippen molar-refractivity contribution >= 4 is 17.3 Å². The van der Waals surface area contributed by atoms with Crippen molar-refractivity contribution in [2.24, 2.45) is 5.92 Å². The molecule has 0 aliphatic carbocycles. The number of hydrogen-bond acceptors (Lipinski definition) is 7. The zero-order valence-corrected chi connectivity index (χ0v) is 29.3. The Morgan fingerprint density at radius 2 is 1.53 bits per heavy atom. The van der Waals surface area contributed by atoms with Crippen LogP contribution in [0.5, 0.6) is 0 Å². The molecule has 5 aliphatic rings. The maximum atomic E-state index is 16.0. The van der Waals surface area contributed by atoms with Gasteiger partial charge in [-0.2, -0.15) is 0 Å². The Morgan fingerprint density at radius 3 is 2.22 bits per heavy atom. The van der Waals surface area contributed by atoms with Crippen LogP contribution >= 0.6 is 0 Å². The van der Waals surface area contributed by atoms with E-state index < -0.39 is 29.3 Å². The van der Waals surface area contributed by atoms with Gasteiger partial charge in [0.15, 0.2) is 0 Å². The van der Waals surface area contributed by atoms with E-state index in [4.69, 9.17) is 11.1 Å². The Kier molecular flexibility index (Phi) is 11.3. The highest BCUT2D eigenvalue weighted by Gasteiger charge is 2.45. The number of rotatable bonds is 2. The second-order valence-corrected chi connectivity index (χ2v) is 14.8. The Morgan fingerprint density at radius 1 is 0.878 bits per heavy atom. The van der Waals surface area contributed by atoms with E-state index in [0.29, 0.717) is 62.9 Å². The molecule has 0 unspecified atom stereocenters. The molecule has 1 aromatic carbocycles. The zero-order chi connectivity index (χ0) is 34.7. The van der Waals surface area contributed by atoms with E-state index in [0.717, 1.165) is 77.7 Å². The van der Waals surface area contributed by atoms with Crippen LogP contribution in [0.25, 0.3) is 0 Å². The Balaban J connectivity index is 1.28. The molecule has 49 heavy (non-hydrogen) atoms. The highest BCUT2D eigenvalue weighted by molar-refractivity contribution is 6.01. The number of likely N-dealkylation sites (tertiary alicyclic amines) is 1. The molecule has 12 heteroatoms. The summed E-state index contributed by atoms with van der Waals surface area (Å²) in [7, 11) is 2.17. The minimum atomic E-state index is -3.30. The molecule has 1 atom stereocenters. The number of piperazine rings is 1. The maximum absolute atomic E-state index is 16.0. The Hall–Kier alpha value is -3.09. The summed E-state index contributed by atoms with van der Waals surface area (Å²) in [6.45, 7) is 9.47. The van der Waals surface area contributed by atoms with Crippen LogP contribution in [-0.2, 0) is 12.5 Å². The number of benzene rings is 1. The fraction of sp³-hybridized carbons (Fsp3) is 0.676. The van der Waals surface area contributed by atoms with Gasteiger partial charge < -0.3 is 25.8 Å². The first kappa shape index (κ1) is 35.7. The number of piperidine rings is 2. The quantitative estimate of drug-likeness (QED) is 0.399. The molecular formula is C37H55F3N8O. The number of alkyl halides is 2. The standard InChI is InChI=1S/C37H55F3N8O/c1-26-29-9-8-10-31(33(29)38)37(39,40)27-11-19-45(20-12-27)15-6-4-3-5-7-16-48-35(42)30(34(41)43-26)25-32(36(48)49)47-23-21-46(22-24-47)28-13-17-44(2)18-14-28/h8-10,25-28H,3-7,11-24,42H2,1-2H3,(H2,41,43)/t26-/m1/s1. The van der Waals surface area contributed by atoms with Gasteiger partial charge in [0.05, 0.1) is 17.2 Å².